The molecule has 0 N–H and O–H groups in total. The van der Waals surface area contributed by atoms with Crippen molar-refractivity contribution in [2.75, 3.05) is 0 Å². The van der Waals surface area contributed by atoms with Crippen LogP contribution in [-0.2, 0) is 6.42 Å². The number of benzene rings is 2. The molecule has 0 saturated carbocycles. The highest BCUT2D eigenvalue weighted by atomic mass is 16.1. The van der Waals surface area contributed by atoms with Crippen LogP contribution in [0.3, 0.4) is 0 Å². The van der Waals surface area contributed by atoms with E-state index in [4.69, 9.17) is 0 Å². The largest absolute Gasteiger partial charge is 0.289 e. The zero-order valence-corrected chi connectivity index (χ0v) is 16.1. The van der Waals surface area contributed by atoms with Gasteiger partial charge in [0, 0.05) is 22.3 Å². The smallest absolute Gasteiger partial charge is 0.194 e. The summed E-state index contributed by atoms with van der Waals surface area (Å²) >= 11 is 0. The minimum Gasteiger partial charge on any atom is -0.289 e. The van der Waals surface area contributed by atoms with Crippen LogP contribution in [0.5, 0.6) is 0 Å². The van der Waals surface area contributed by atoms with Crippen molar-refractivity contribution < 1.29 is 9.59 Å². The van der Waals surface area contributed by atoms with E-state index in [1.165, 1.54) is 12.8 Å². The number of ketones is 2. The van der Waals surface area contributed by atoms with E-state index in [1.54, 1.807) is 0 Å². The standard InChI is InChI=1S/C24H28O2/c1-4-6-7-9-17-10-12-19-21(14-17)23(25)20-13-11-18(16(3)8-5-2)15-22(20)24(19)26/h10-16H,4-9H2,1-3H3. The van der Waals surface area contributed by atoms with Crippen LogP contribution < -0.4 is 0 Å². The SMILES string of the molecule is CCCCCc1ccc2c(c1)C(=O)c1ccc(C(C)CCC)cc1C2=O. The van der Waals surface area contributed by atoms with Gasteiger partial charge in [-0.25, -0.2) is 0 Å². The second kappa shape index (κ2) is 7.99. The average molecular weight is 348 g/mol. The van der Waals surface area contributed by atoms with Crippen LogP contribution in [0.1, 0.15) is 102 Å². The predicted molar refractivity (Wildman–Crippen MR) is 106 cm³/mol. The summed E-state index contributed by atoms with van der Waals surface area (Å²) in [5, 5.41) is 0. The van der Waals surface area contributed by atoms with Gasteiger partial charge in [0.1, 0.15) is 0 Å². The number of rotatable bonds is 7. The molecule has 0 aliphatic heterocycles. The van der Waals surface area contributed by atoms with E-state index in [0.717, 1.165) is 36.8 Å². The monoisotopic (exact) mass is 348 g/mol. The Morgan fingerprint density at radius 2 is 1.42 bits per heavy atom. The minimum absolute atomic E-state index is 0.0124. The molecule has 2 nitrogen and oxygen atoms in total. The van der Waals surface area contributed by atoms with Crippen molar-refractivity contribution >= 4 is 11.6 Å². The Labute approximate surface area is 156 Å². The molecule has 0 amide bonds. The third-order valence-electron chi connectivity index (χ3n) is 5.47. The first kappa shape index (κ1) is 18.6. The fourth-order valence-corrected chi connectivity index (χ4v) is 3.86. The van der Waals surface area contributed by atoms with Crippen LogP contribution >= 0.6 is 0 Å². The average Bonchev–Trinajstić information content (AvgIpc) is 2.66. The summed E-state index contributed by atoms with van der Waals surface area (Å²) in [5.74, 6) is 0.373. The second-order valence-corrected chi connectivity index (χ2v) is 7.49. The molecule has 3 rings (SSSR count). The summed E-state index contributed by atoms with van der Waals surface area (Å²) in [7, 11) is 0. The normalized spacial score (nSPS) is 14.1. The molecule has 26 heavy (non-hydrogen) atoms. The van der Waals surface area contributed by atoms with E-state index in [1.807, 2.05) is 36.4 Å². The first-order chi connectivity index (χ1) is 12.6. The summed E-state index contributed by atoms with van der Waals surface area (Å²) < 4.78 is 0. The predicted octanol–water partition coefficient (Wildman–Crippen LogP) is 6.10. The fourth-order valence-electron chi connectivity index (χ4n) is 3.86. The van der Waals surface area contributed by atoms with Gasteiger partial charge in [0.25, 0.3) is 0 Å². The Morgan fingerprint density at radius 3 is 2.08 bits per heavy atom. The molecule has 2 aromatic carbocycles. The Kier molecular flexibility index (Phi) is 5.70. The van der Waals surface area contributed by atoms with E-state index in [0.29, 0.717) is 28.2 Å². The van der Waals surface area contributed by atoms with Gasteiger partial charge in [0.05, 0.1) is 0 Å². The van der Waals surface area contributed by atoms with Gasteiger partial charge >= 0.3 is 0 Å². The molecule has 0 heterocycles. The lowest BCUT2D eigenvalue weighted by atomic mass is 9.81. The second-order valence-electron chi connectivity index (χ2n) is 7.49. The molecule has 2 heteroatoms. The zero-order chi connectivity index (χ0) is 18.7. The first-order valence-electron chi connectivity index (χ1n) is 9.93. The third kappa shape index (κ3) is 3.51. The Balaban J connectivity index is 1.94. The van der Waals surface area contributed by atoms with E-state index >= 15 is 0 Å². The molecular weight excluding hydrogens is 320 g/mol. The molecule has 0 saturated heterocycles. The number of aryl methyl sites for hydroxylation is 1. The van der Waals surface area contributed by atoms with Crippen LogP contribution in [0.4, 0.5) is 0 Å². The molecule has 1 aliphatic rings. The highest BCUT2D eigenvalue weighted by Gasteiger charge is 2.30. The number of hydrogen-bond donors (Lipinski definition) is 0. The van der Waals surface area contributed by atoms with Gasteiger partial charge in [-0.05, 0) is 48.4 Å². The summed E-state index contributed by atoms with van der Waals surface area (Å²) in [6.07, 6.45) is 6.63. The van der Waals surface area contributed by atoms with Crippen LogP contribution in [0.15, 0.2) is 36.4 Å². The molecule has 0 spiro atoms. The number of hydrogen-bond acceptors (Lipinski definition) is 2. The lowest BCUT2D eigenvalue weighted by Gasteiger charge is -2.20. The fraction of sp³-hybridized carbons (Fsp3) is 0.417. The van der Waals surface area contributed by atoms with Gasteiger partial charge in [-0.1, -0.05) is 64.3 Å². The maximum Gasteiger partial charge on any atom is 0.194 e. The molecule has 2 aromatic rings. The van der Waals surface area contributed by atoms with E-state index in [2.05, 4.69) is 20.8 Å². The quantitative estimate of drug-likeness (QED) is 0.484. The highest BCUT2D eigenvalue weighted by Crippen LogP contribution is 2.31. The van der Waals surface area contributed by atoms with Crippen molar-refractivity contribution in [3.05, 3.63) is 69.8 Å². The summed E-state index contributed by atoms with van der Waals surface area (Å²) in [6, 6.07) is 11.6. The van der Waals surface area contributed by atoms with E-state index in [9.17, 15) is 9.59 Å². The van der Waals surface area contributed by atoms with E-state index in [-0.39, 0.29) is 11.6 Å². The van der Waals surface area contributed by atoms with Gasteiger partial charge in [-0.15, -0.1) is 0 Å². The molecule has 0 bridgehead atoms. The molecular formula is C24H28O2. The minimum atomic E-state index is -0.0137. The number of carbonyl (C=O) groups is 2. The molecule has 1 aliphatic carbocycles. The molecule has 1 atom stereocenters. The molecule has 0 fully saturated rings. The Morgan fingerprint density at radius 1 is 0.769 bits per heavy atom. The Hall–Kier alpha value is -2.22. The molecule has 1 unspecified atom stereocenters. The van der Waals surface area contributed by atoms with E-state index < -0.39 is 0 Å². The van der Waals surface area contributed by atoms with Gasteiger partial charge in [0.15, 0.2) is 11.6 Å². The summed E-state index contributed by atoms with van der Waals surface area (Å²) in [6.45, 7) is 6.52. The molecule has 136 valence electrons. The molecule has 0 aromatic heterocycles. The lowest BCUT2D eigenvalue weighted by Crippen LogP contribution is -2.21. The van der Waals surface area contributed by atoms with Crippen molar-refractivity contribution in [3.63, 3.8) is 0 Å². The lowest BCUT2D eigenvalue weighted by molar-refractivity contribution is 0.0979. The van der Waals surface area contributed by atoms with Gasteiger partial charge < -0.3 is 0 Å². The Bertz CT molecular complexity index is 832. The van der Waals surface area contributed by atoms with Gasteiger partial charge in [-0.3, -0.25) is 9.59 Å². The maximum atomic E-state index is 13.0. The maximum absolute atomic E-state index is 13.0. The van der Waals surface area contributed by atoms with Crippen molar-refractivity contribution in [3.8, 4) is 0 Å². The van der Waals surface area contributed by atoms with Crippen molar-refractivity contribution in [1.29, 1.82) is 0 Å². The van der Waals surface area contributed by atoms with Crippen molar-refractivity contribution in [2.45, 2.75) is 65.2 Å². The number of carbonyl (C=O) groups excluding carboxylic acids is 2. The topological polar surface area (TPSA) is 34.1 Å². The molecule has 0 radical (unpaired) electrons. The highest BCUT2D eigenvalue weighted by molar-refractivity contribution is 6.28. The summed E-state index contributed by atoms with van der Waals surface area (Å²) in [5.41, 5.74) is 4.55. The van der Waals surface area contributed by atoms with Crippen LogP contribution in [-0.4, -0.2) is 11.6 Å². The van der Waals surface area contributed by atoms with Crippen molar-refractivity contribution in [2.24, 2.45) is 0 Å². The number of unbranched alkanes of at least 4 members (excludes halogenated alkanes) is 2. The van der Waals surface area contributed by atoms with Crippen molar-refractivity contribution in [1.82, 2.24) is 0 Å². The zero-order valence-electron chi connectivity index (χ0n) is 16.1. The van der Waals surface area contributed by atoms with Crippen LogP contribution in [0.25, 0.3) is 0 Å². The number of fused-ring (bicyclic) bond motifs is 2. The van der Waals surface area contributed by atoms with Gasteiger partial charge in [0.2, 0.25) is 0 Å². The third-order valence-corrected chi connectivity index (χ3v) is 5.47. The van der Waals surface area contributed by atoms with Crippen LogP contribution in [0.2, 0.25) is 0 Å². The van der Waals surface area contributed by atoms with Crippen LogP contribution in [0, 0.1) is 0 Å². The summed E-state index contributed by atoms with van der Waals surface area (Å²) in [4.78, 5) is 26.0. The van der Waals surface area contributed by atoms with Gasteiger partial charge in [-0.2, -0.15) is 0 Å². The first-order valence-corrected chi connectivity index (χ1v) is 9.93.